The quantitative estimate of drug-likeness (QED) is 0.874. The molecule has 1 N–H and O–H groups in total. The Bertz CT molecular complexity index is 434. The molecule has 0 saturated carbocycles. The number of carbonyl (C=O) groups excluding carboxylic acids is 1. The largest absolute Gasteiger partial charge is 0.334 e. The van der Waals surface area contributed by atoms with E-state index in [1.165, 1.54) is 5.56 Å². The van der Waals surface area contributed by atoms with E-state index in [0.29, 0.717) is 6.54 Å². The highest BCUT2D eigenvalue weighted by Gasteiger charge is 2.16. The fraction of sp³-hybridized carbons (Fsp3) is 0.588. The number of nitrogens with zero attached hydrogens (tertiary/aromatic N) is 2. The predicted octanol–water partition coefficient (Wildman–Crippen LogP) is 2.83. The Hall–Kier alpha value is -1.55. The third kappa shape index (κ3) is 4.74. The minimum atomic E-state index is 0.0692. The van der Waals surface area contributed by atoms with Gasteiger partial charge in [0.25, 0.3) is 0 Å². The summed E-state index contributed by atoms with van der Waals surface area (Å²) in [4.78, 5) is 16.2. The van der Waals surface area contributed by atoms with E-state index in [4.69, 9.17) is 0 Å². The molecule has 4 heteroatoms. The first-order valence-electron chi connectivity index (χ1n) is 8.06. The average Bonchev–Trinajstić information content (AvgIpc) is 3.06. The van der Waals surface area contributed by atoms with Gasteiger partial charge in [0.05, 0.1) is 0 Å². The highest BCUT2D eigenvalue weighted by Crippen LogP contribution is 2.09. The van der Waals surface area contributed by atoms with E-state index >= 15 is 0 Å². The molecule has 1 fully saturated rings. The first-order chi connectivity index (χ1) is 10.2. The van der Waals surface area contributed by atoms with Crippen LogP contribution in [0.5, 0.6) is 0 Å². The second-order valence-electron chi connectivity index (χ2n) is 5.63. The molecule has 21 heavy (non-hydrogen) atoms. The van der Waals surface area contributed by atoms with Crippen LogP contribution < -0.4 is 5.32 Å². The fourth-order valence-electron chi connectivity index (χ4n) is 2.68. The molecule has 2 rings (SSSR count). The summed E-state index contributed by atoms with van der Waals surface area (Å²) >= 11 is 0. The molecular formula is C17H27N3O. The summed E-state index contributed by atoms with van der Waals surface area (Å²) in [6, 6.07) is 8.62. The Morgan fingerprint density at radius 3 is 2.24 bits per heavy atom. The van der Waals surface area contributed by atoms with Gasteiger partial charge in [0.15, 0.2) is 0 Å². The lowest BCUT2D eigenvalue weighted by Gasteiger charge is -2.18. The number of urea groups is 1. The molecule has 0 bridgehead atoms. The summed E-state index contributed by atoms with van der Waals surface area (Å²) in [5, 5.41) is 3.00. The van der Waals surface area contributed by atoms with E-state index in [2.05, 4.69) is 48.3 Å². The standard InChI is InChI=1S/C17H27N3O/c1-3-19(4-2)14-16-9-7-15(8-10-16)13-18-17(21)20-11-5-6-12-20/h7-10H,3-6,11-14H2,1-2H3,(H,18,21). The van der Waals surface area contributed by atoms with Crippen molar-refractivity contribution in [3.05, 3.63) is 35.4 Å². The summed E-state index contributed by atoms with van der Waals surface area (Å²) in [6.07, 6.45) is 2.26. The lowest BCUT2D eigenvalue weighted by molar-refractivity contribution is 0.208. The smallest absolute Gasteiger partial charge is 0.317 e. The molecule has 0 spiro atoms. The van der Waals surface area contributed by atoms with Crippen LogP contribution >= 0.6 is 0 Å². The van der Waals surface area contributed by atoms with Gasteiger partial charge < -0.3 is 10.2 Å². The van der Waals surface area contributed by atoms with Crippen LogP contribution in [-0.2, 0) is 13.1 Å². The molecule has 2 amide bonds. The molecule has 1 heterocycles. The van der Waals surface area contributed by atoms with Gasteiger partial charge in [-0.3, -0.25) is 4.90 Å². The third-order valence-electron chi connectivity index (χ3n) is 4.16. The van der Waals surface area contributed by atoms with Crippen molar-refractivity contribution in [2.24, 2.45) is 0 Å². The molecular weight excluding hydrogens is 262 g/mol. The molecule has 0 aliphatic carbocycles. The number of benzene rings is 1. The molecule has 1 aliphatic heterocycles. The monoisotopic (exact) mass is 289 g/mol. The molecule has 1 aromatic carbocycles. The zero-order valence-corrected chi connectivity index (χ0v) is 13.3. The molecule has 0 atom stereocenters. The lowest BCUT2D eigenvalue weighted by atomic mass is 10.1. The first-order valence-corrected chi connectivity index (χ1v) is 8.06. The maximum Gasteiger partial charge on any atom is 0.317 e. The van der Waals surface area contributed by atoms with Gasteiger partial charge in [-0.1, -0.05) is 38.1 Å². The van der Waals surface area contributed by atoms with Crippen molar-refractivity contribution in [2.45, 2.75) is 39.8 Å². The van der Waals surface area contributed by atoms with Crippen molar-refractivity contribution < 1.29 is 4.79 Å². The topological polar surface area (TPSA) is 35.6 Å². The second kappa shape index (κ2) is 8.03. The summed E-state index contributed by atoms with van der Waals surface area (Å²) in [5.74, 6) is 0. The van der Waals surface area contributed by atoms with Gasteiger partial charge in [0.2, 0.25) is 0 Å². The second-order valence-corrected chi connectivity index (χ2v) is 5.63. The molecule has 1 aromatic rings. The van der Waals surface area contributed by atoms with Gasteiger partial charge in [-0.25, -0.2) is 4.79 Å². The van der Waals surface area contributed by atoms with Crippen molar-refractivity contribution in [1.29, 1.82) is 0 Å². The van der Waals surface area contributed by atoms with Crippen LogP contribution in [0.1, 0.15) is 37.8 Å². The molecule has 116 valence electrons. The van der Waals surface area contributed by atoms with Crippen molar-refractivity contribution >= 4 is 6.03 Å². The van der Waals surface area contributed by atoms with E-state index in [1.807, 2.05) is 4.90 Å². The first kappa shape index (κ1) is 15.8. The minimum absolute atomic E-state index is 0.0692. The van der Waals surface area contributed by atoms with Crippen LogP contribution in [0.4, 0.5) is 4.79 Å². The van der Waals surface area contributed by atoms with Gasteiger partial charge in [0, 0.05) is 26.2 Å². The van der Waals surface area contributed by atoms with Crippen molar-refractivity contribution in [2.75, 3.05) is 26.2 Å². The van der Waals surface area contributed by atoms with Crippen LogP contribution in [-0.4, -0.2) is 42.0 Å². The average molecular weight is 289 g/mol. The zero-order chi connectivity index (χ0) is 15.1. The maximum atomic E-state index is 11.9. The molecule has 1 aliphatic rings. The summed E-state index contributed by atoms with van der Waals surface area (Å²) in [7, 11) is 0. The Morgan fingerprint density at radius 1 is 1.10 bits per heavy atom. The Labute approximate surface area is 128 Å². The van der Waals surface area contributed by atoms with Crippen LogP contribution in [0.25, 0.3) is 0 Å². The molecule has 0 aromatic heterocycles. The van der Waals surface area contributed by atoms with Crippen LogP contribution in [0.3, 0.4) is 0 Å². The molecule has 0 unspecified atom stereocenters. The van der Waals surface area contributed by atoms with E-state index in [9.17, 15) is 4.79 Å². The van der Waals surface area contributed by atoms with Crippen LogP contribution in [0, 0.1) is 0 Å². The van der Waals surface area contributed by atoms with E-state index in [-0.39, 0.29) is 6.03 Å². The third-order valence-corrected chi connectivity index (χ3v) is 4.16. The number of hydrogen-bond acceptors (Lipinski definition) is 2. The lowest BCUT2D eigenvalue weighted by Crippen LogP contribution is -2.37. The SMILES string of the molecule is CCN(CC)Cc1ccc(CNC(=O)N2CCCC2)cc1. The zero-order valence-electron chi connectivity index (χ0n) is 13.3. The van der Waals surface area contributed by atoms with Crippen LogP contribution in [0.15, 0.2) is 24.3 Å². The summed E-state index contributed by atoms with van der Waals surface area (Å²) < 4.78 is 0. The molecule has 1 saturated heterocycles. The molecule has 4 nitrogen and oxygen atoms in total. The maximum absolute atomic E-state index is 11.9. The Kier molecular flexibility index (Phi) is 6.05. The van der Waals surface area contributed by atoms with E-state index < -0.39 is 0 Å². The summed E-state index contributed by atoms with van der Waals surface area (Å²) in [6.45, 7) is 9.92. The van der Waals surface area contributed by atoms with E-state index in [1.54, 1.807) is 0 Å². The van der Waals surface area contributed by atoms with E-state index in [0.717, 1.165) is 51.1 Å². The number of hydrogen-bond donors (Lipinski definition) is 1. The van der Waals surface area contributed by atoms with Crippen molar-refractivity contribution in [3.8, 4) is 0 Å². The number of nitrogens with one attached hydrogen (secondary N) is 1. The summed E-state index contributed by atoms with van der Waals surface area (Å²) in [5.41, 5.74) is 2.49. The van der Waals surface area contributed by atoms with Crippen LogP contribution in [0.2, 0.25) is 0 Å². The van der Waals surface area contributed by atoms with Gasteiger partial charge in [0.1, 0.15) is 0 Å². The molecule has 0 radical (unpaired) electrons. The Morgan fingerprint density at radius 2 is 1.67 bits per heavy atom. The number of likely N-dealkylation sites (tertiary alicyclic amines) is 1. The highest BCUT2D eigenvalue weighted by atomic mass is 16.2. The van der Waals surface area contributed by atoms with Crippen molar-refractivity contribution in [3.63, 3.8) is 0 Å². The number of carbonyl (C=O) groups is 1. The predicted molar refractivity (Wildman–Crippen MR) is 86.1 cm³/mol. The van der Waals surface area contributed by atoms with Gasteiger partial charge in [-0.2, -0.15) is 0 Å². The van der Waals surface area contributed by atoms with Crippen molar-refractivity contribution in [1.82, 2.24) is 15.1 Å². The van der Waals surface area contributed by atoms with Gasteiger partial charge >= 0.3 is 6.03 Å². The number of rotatable bonds is 6. The number of amides is 2. The minimum Gasteiger partial charge on any atom is -0.334 e. The normalized spacial score (nSPS) is 14.7. The fourth-order valence-corrected chi connectivity index (χ4v) is 2.68. The van der Waals surface area contributed by atoms with Gasteiger partial charge in [-0.05, 0) is 37.1 Å². The van der Waals surface area contributed by atoms with Gasteiger partial charge in [-0.15, -0.1) is 0 Å². The highest BCUT2D eigenvalue weighted by molar-refractivity contribution is 5.74. The Balaban J connectivity index is 1.80.